The lowest BCUT2D eigenvalue weighted by Crippen LogP contribution is -2.50. The highest BCUT2D eigenvalue weighted by Gasteiger charge is 2.41. The normalized spacial score (nSPS) is 21.8. The molecule has 2 aromatic carbocycles. The summed E-state index contributed by atoms with van der Waals surface area (Å²) < 4.78 is 44.7. The third-order valence-corrected chi connectivity index (χ3v) is 6.69. The lowest BCUT2D eigenvalue weighted by Gasteiger charge is -2.36. The predicted molar refractivity (Wildman–Crippen MR) is 109 cm³/mol. The zero-order valence-electron chi connectivity index (χ0n) is 15.9. The maximum Gasteiger partial charge on any atom is 0.241 e. The van der Waals surface area contributed by atoms with Crippen LogP contribution in [-0.4, -0.2) is 45.5 Å². The molecule has 158 valence electrons. The Bertz CT molecular complexity index is 1130. The highest BCUT2D eigenvalue weighted by atomic mass is 35.5. The molecule has 1 aliphatic heterocycles. The molecule has 0 saturated carbocycles. The van der Waals surface area contributed by atoms with Crippen LogP contribution in [0.25, 0.3) is 0 Å². The Morgan fingerprint density at radius 1 is 1.30 bits per heavy atom. The van der Waals surface area contributed by atoms with Crippen LogP contribution >= 0.6 is 11.6 Å². The number of para-hydroxylation sites is 1. The first-order valence-electron chi connectivity index (χ1n) is 9.44. The smallest absolute Gasteiger partial charge is 0.241 e. The van der Waals surface area contributed by atoms with Crippen molar-refractivity contribution in [3.63, 3.8) is 0 Å². The second kappa shape index (κ2) is 8.13. The Morgan fingerprint density at radius 3 is 2.70 bits per heavy atom. The van der Waals surface area contributed by atoms with Gasteiger partial charge in [-0.15, -0.1) is 0 Å². The first-order chi connectivity index (χ1) is 14.3. The van der Waals surface area contributed by atoms with Gasteiger partial charge in [-0.25, -0.2) is 17.9 Å². The Balaban J connectivity index is 1.82. The molecule has 0 aromatic heterocycles. The number of primary sulfonamides is 1. The predicted octanol–water partition coefficient (Wildman–Crippen LogP) is 1.95. The van der Waals surface area contributed by atoms with E-state index in [1.54, 1.807) is 12.1 Å². The summed E-state index contributed by atoms with van der Waals surface area (Å²) >= 11 is 6.22. The molecule has 0 amide bonds. The van der Waals surface area contributed by atoms with Crippen LogP contribution in [0.15, 0.2) is 35.2 Å². The molecule has 0 spiro atoms. The van der Waals surface area contributed by atoms with Gasteiger partial charge in [0.1, 0.15) is 11.0 Å². The van der Waals surface area contributed by atoms with E-state index in [9.17, 15) is 18.1 Å². The Kier molecular flexibility index (Phi) is 5.70. The van der Waals surface area contributed by atoms with Crippen LogP contribution in [0.3, 0.4) is 0 Å². The van der Waals surface area contributed by atoms with Crippen molar-refractivity contribution < 1.29 is 17.5 Å². The molecule has 1 fully saturated rings. The number of nitrogens with two attached hydrogens (primary N) is 1. The number of benzene rings is 2. The maximum absolute atomic E-state index is 14.7. The molecule has 0 bridgehead atoms. The van der Waals surface area contributed by atoms with E-state index in [0.29, 0.717) is 22.6 Å². The number of piperazine rings is 1. The van der Waals surface area contributed by atoms with Gasteiger partial charge >= 0.3 is 0 Å². The van der Waals surface area contributed by atoms with Crippen molar-refractivity contribution in [3.8, 4) is 11.8 Å². The molecule has 7 nitrogen and oxygen atoms in total. The third kappa shape index (κ3) is 3.89. The van der Waals surface area contributed by atoms with Crippen LogP contribution in [-0.2, 0) is 16.4 Å². The molecule has 10 heteroatoms. The number of nitrogens with zero attached hydrogens (tertiary/aromatic N) is 2. The molecular weight excluding hydrogens is 431 g/mol. The van der Waals surface area contributed by atoms with Crippen molar-refractivity contribution in [1.29, 1.82) is 5.26 Å². The summed E-state index contributed by atoms with van der Waals surface area (Å²) in [5, 5.41) is 18.5. The quantitative estimate of drug-likeness (QED) is 0.737. The molecule has 2 aromatic rings. The highest BCUT2D eigenvalue weighted by Crippen LogP contribution is 2.42. The monoisotopic (exact) mass is 450 g/mol. The van der Waals surface area contributed by atoms with Gasteiger partial charge in [0, 0.05) is 31.2 Å². The topological polar surface area (TPSA) is 108 Å². The van der Waals surface area contributed by atoms with Crippen molar-refractivity contribution >= 4 is 21.6 Å². The van der Waals surface area contributed by atoms with Crippen LogP contribution in [0.5, 0.6) is 5.75 Å². The van der Waals surface area contributed by atoms with Crippen LogP contribution < -0.4 is 15.2 Å². The standard InChI is InChI=1S/C20H20ClFN4O3S/c21-13-8-12(11-23)14-10-17(26-6-4-25-5-7-26)19(15(14)9-13)29-20-16(22)2-1-3-18(20)30(24,27)28/h1-3,8-9,17,19,25H,4-7,10H2,(H2,24,27,28)/t17-,19-/m0/s1. The summed E-state index contributed by atoms with van der Waals surface area (Å²) in [6, 6.07) is 8.85. The molecule has 1 heterocycles. The minimum Gasteiger partial charge on any atom is -0.480 e. The molecule has 2 aliphatic rings. The molecule has 4 rings (SSSR count). The minimum atomic E-state index is -4.21. The number of sulfonamides is 1. The molecule has 0 unspecified atom stereocenters. The SMILES string of the molecule is N#Cc1cc(Cl)cc2c1C[C@H](N1CCNCC1)[C@H]2Oc1c(F)cccc1S(N)(=O)=O. The molecule has 1 saturated heterocycles. The van der Waals surface area contributed by atoms with E-state index in [1.165, 1.54) is 12.1 Å². The fraction of sp³-hybridized carbons (Fsp3) is 0.350. The van der Waals surface area contributed by atoms with E-state index >= 15 is 0 Å². The Morgan fingerprint density at radius 2 is 2.03 bits per heavy atom. The fourth-order valence-electron chi connectivity index (χ4n) is 4.19. The summed E-state index contributed by atoms with van der Waals surface area (Å²) in [5.41, 5.74) is 1.87. The van der Waals surface area contributed by atoms with Gasteiger partial charge in [0.05, 0.1) is 17.7 Å². The van der Waals surface area contributed by atoms with Crippen LogP contribution in [0.2, 0.25) is 5.02 Å². The van der Waals surface area contributed by atoms with Gasteiger partial charge in [-0.3, -0.25) is 4.90 Å². The highest BCUT2D eigenvalue weighted by molar-refractivity contribution is 7.89. The summed E-state index contributed by atoms with van der Waals surface area (Å²) in [7, 11) is -4.21. The second-order valence-electron chi connectivity index (χ2n) is 7.34. The van der Waals surface area contributed by atoms with E-state index in [4.69, 9.17) is 21.5 Å². The van der Waals surface area contributed by atoms with Crippen molar-refractivity contribution in [1.82, 2.24) is 10.2 Å². The van der Waals surface area contributed by atoms with Crippen molar-refractivity contribution in [3.05, 3.63) is 57.9 Å². The second-order valence-corrected chi connectivity index (χ2v) is 9.31. The van der Waals surface area contributed by atoms with Gasteiger partial charge in [-0.2, -0.15) is 5.26 Å². The van der Waals surface area contributed by atoms with Crippen molar-refractivity contribution in [2.45, 2.75) is 23.5 Å². The number of hydrogen-bond acceptors (Lipinski definition) is 6. The van der Waals surface area contributed by atoms with Crippen molar-refractivity contribution in [2.75, 3.05) is 26.2 Å². The average Bonchev–Trinajstić information content (AvgIpc) is 3.07. The lowest BCUT2D eigenvalue weighted by molar-refractivity contribution is 0.0648. The molecule has 3 N–H and O–H groups in total. The fourth-order valence-corrected chi connectivity index (χ4v) is 5.09. The van der Waals surface area contributed by atoms with Gasteiger partial charge in [0.25, 0.3) is 0 Å². The maximum atomic E-state index is 14.7. The van der Waals surface area contributed by atoms with E-state index < -0.39 is 32.6 Å². The molecular formula is C20H20ClFN4O3S. The average molecular weight is 451 g/mol. The Labute approximate surface area is 179 Å². The number of nitriles is 1. The summed E-state index contributed by atoms with van der Waals surface area (Å²) in [5.74, 6) is -1.24. The van der Waals surface area contributed by atoms with Crippen LogP contribution in [0.1, 0.15) is 22.8 Å². The van der Waals surface area contributed by atoms with Crippen LogP contribution in [0, 0.1) is 17.1 Å². The van der Waals surface area contributed by atoms with Crippen LogP contribution in [0.4, 0.5) is 4.39 Å². The number of ether oxygens (including phenoxy) is 1. The van der Waals surface area contributed by atoms with Gasteiger partial charge in [-0.05, 0) is 41.8 Å². The summed E-state index contributed by atoms with van der Waals surface area (Å²) in [6.45, 7) is 3.06. The van der Waals surface area contributed by atoms with Crippen molar-refractivity contribution in [2.24, 2.45) is 5.14 Å². The largest absolute Gasteiger partial charge is 0.480 e. The number of nitrogens with one attached hydrogen (secondary N) is 1. The Hall–Kier alpha value is -2.22. The first kappa shape index (κ1) is 21.0. The van der Waals surface area contributed by atoms with Gasteiger partial charge in [-0.1, -0.05) is 17.7 Å². The number of rotatable bonds is 4. The number of fused-ring (bicyclic) bond motifs is 1. The zero-order valence-corrected chi connectivity index (χ0v) is 17.5. The van der Waals surface area contributed by atoms with E-state index in [-0.39, 0.29) is 6.04 Å². The molecule has 30 heavy (non-hydrogen) atoms. The van der Waals surface area contributed by atoms with Gasteiger partial charge in [0.15, 0.2) is 11.6 Å². The minimum absolute atomic E-state index is 0.208. The van der Waals surface area contributed by atoms with E-state index in [2.05, 4.69) is 16.3 Å². The summed E-state index contributed by atoms with van der Waals surface area (Å²) in [4.78, 5) is 1.78. The van der Waals surface area contributed by atoms with E-state index in [0.717, 1.165) is 37.8 Å². The zero-order chi connectivity index (χ0) is 21.5. The van der Waals surface area contributed by atoms with Gasteiger partial charge in [0.2, 0.25) is 10.0 Å². The first-order valence-corrected chi connectivity index (χ1v) is 11.4. The molecule has 0 radical (unpaired) electrons. The number of hydrogen-bond donors (Lipinski definition) is 2. The lowest BCUT2D eigenvalue weighted by atomic mass is 10.0. The summed E-state index contributed by atoms with van der Waals surface area (Å²) in [6.07, 6.45) is -0.194. The molecule has 1 aliphatic carbocycles. The molecule has 2 atom stereocenters. The van der Waals surface area contributed by atoms with E-state index in [1.807, 2.05) is 0 Å². The van der Waals surface area contributed by atoms with Gasteiger partial charge < -0.3 is 10.1 Å². The third-order valence-electron chi connectivity index (χ3n) is 5.54. The number of halogens is 2.